The molecule has 0 aliphatic heterocycles. The summed E-state index contributed by atoms with van der Waals surface area (Å²) in [6, 6.07) is 11.9. The van der Waals surface area contributed by atoms with Gasteiger partial charge in [0, 0.05) is 36.4 Å². The molecule has 2 unspecified atom stereocenters. The molecule has 164 valence electrons. The van der Waals surface area contributed by atoms with Crippen LogP contribution >= 0.6 is 0 Å². The second-order valence-electron chi connectivity index (χ2n) is 8.22. The fraction of sp³-hybridized carbons (Fsp3) is 0.304. The van der Waals surface area contributed by atoms with Crippen molar-refractivity contribution in [3.8, 4) is 0 Å². The normalized spacial score (nSPS) is 23.6. The van der Waals surface area contributed by atoms with Gasteiger partial charge in [-0.25, -0.2) is 17.1 Å². The van der Waals surface area contributed by atoms with E-state index in [0.29, 0.717) is 15.6 Å². The molecule has 0 saturated heterocycles. The van der Waals surface area contributed by atoms with Gasteiger partial charge in [-0.1, -0.05) is 30.3 Å². The Morgan fingerprint density at radius 2 is 1.71 bits per heavy atom. The SMILES string of the molecule is CC(=O)N(C1(C)C=C(F)C(C)(Cc2ccc[nH]2)C(C(=O)c2ccccc2)=C1)S(C)(=O)=O. The highest BCUT2D eigenvalue weighted by molar-refractivity contribution is 7.89. The monoisotopic (exact) mass is 444 g/mol. The van der Waals surface area contributed by atoms with E-state index in [1.807, 2.05) is 0 Å². The zero-order valence-corrected chi connectivity index (χ0v) is 18.7. The minimum Gasteiger partial charge on any atom is -0.365 e. The molecule has 2 aromatic rings. The summed E-state index contributed by atoms with van der Waals surface area (Å²) in [4.78, 5) is 28.8. The molecule has 1 heterocycles. The number of rotatable bonds is 6. The van der Waals surface area contributed by atoms with Gasteiger partial charge in [-0.15, -0.1) is 0 Å². The van der Waals surface area contributed by atoms with Crippen molar-refractivity contribution in [2.24, 2.45) is 5.41 Å². The molecular weight excluding hydrogens is 419 g/mol. The number of carbonyl (C=O) groups is 2. The van der Waals surface area contributed by atoms with Crippen molar-refractivity contribution in [2.75, 3.05) is 6.26 Å². The quantitative estimate of drug-likeness (QED) is 0.687. The first-order valence-electron chi connectivity index (χ1n) is 9.74. The van der Waals surface area contributed by atoms with E-state index < -0.39 is 38.5 Å². The van der Waals surface area contributed by atoms with Crippen molar-refractivity contribution >= 4 is 21.7 Å². The van der Waals surface area contributed by atoms with E-state index in [0.717, 1.165) is 19.3 Å². The second-order valence-corrected chi connectivity index (χ2v) is 10.1. The Balaban J connectivity index is 2.23. The fourth-order valence-electron chi connectivity index (χ4n) is 4.18. The smallest absolute Gasteiger partial charge is 0.235 e. The first kappa shape index (κ1) is 22.7. The summed E-state index contributed by atoms with van der Waals surface area (Å²) in [6.45, 7) is 4.10. The molecule has 1 N–H and O–H groups in total. The topological polar surface area (TPSA) is 87.3 Å². The summed E-state index contributed by atoms with van der Waals surface area (Å²) in [5.41, 5.74) is -1.87. The first-order chi connectivity index (χ1) is 14.4. The number of carbonyl (C=O) groups excluding carboxylic acids is 2. The van der Waals surface area contributed by atoms with E-state index in [9.17, 15) is 18.0 Å². The molecule has 1 aromatic heterocycles. The maximum Gasteiger partial charge on any atom is 0.235 e. The van der Waals surface area contributed by atoms with Gasteiger partial charge < -0.3 is 4.98 Å². The van der Waals surface area contributed by atoms with E-state index in [-0.39, 0.29) is 12.0 Å². The Morgan fingerprint density at radius 1 is 1.06 bits per heavy atom. The van der Waals surface area contributed by atoms with Crippen LogP contribution in [0.2, 0.25) is 0 Å². The average Bonchev–Trinajstić information content (AvgIpc) is 3.16. The van der Waals surface area contributed by atoms with Crippen LogP contribution in [0.25, 0.3) is 0 Å². The van der Waals surface area contributed by atoms with Crippen molar-refractivity contribution in [1.29, 1.82) is 0 Å². The van der Waals surface area contributed by atoms with Crippen LogP contribution in [-0.4, -0.2) is 41.2 Å². The molecule has 0 fully saturated rings. The van der Waals surface area contributed by atoms with Crippen LogP contribution in [0.15, 0.2) is 72.2 Å². The van der Waals surface area contributed by atoms with Crippen LogP contribution in [0.1, 0.15) is 36.8 Å². The number of amides is 1. The van der Waals surface area contributed by atoms with Crippen LogP contribution in [0.4, 0.5) is 4.39 Å². The van der Waals surface area contributed by atoms with Crippen molar-refractivity contribution in [3.05, 3.63) is 83.5 Å². The number of benzene rings is 1. The molecular formula is C23H25FN2O4S. The summed E-state index contributed by atoms with van der Waals surface area (Å²) in [5.74, 6) is -1.88. The molecule has 0 radical (unpaired) electrons. The van der Waals surface area contributed by atoms with Gasteiger partial charge in [0.2, 0.25) is 15.9 Å². The number of hydrogen-bond acceptors (Lipinski definition) is 4. The van der Waals surface area contributed by atoms with Crippen molar-refractivity contribution < 1.29 is 22.4 Å². The molecule has 3 rings (SSSR count). The van der Waals surface area contributed by atoms with Crippen LogP contribution in [-0.2, 0) is 21.2 Å². The summed E-state index contributed by atoms with van der Waals surface area (Å²) in [7, 11) is -4.04. The Labute approximate surface area is 181 Å². The number of nitrogens with zero attached hydrogens (tertiary/aromatic N) is 1. The van der Waals surface area contributed by atoms with Gasteiger partial charge in [-0.2, -0.15) is 0 Å². The minimum absolute atomic E-state index is 0.0886. The van der Waals surface area contributed by atoms with Gasteiger partial charge in [-0.3, -0.25) is 9.59 Å². The summed E-state index contributed by atoms with van der Waals surface area (Å²) in [5, 5.41) is 0. The summed E-state index contributed by atoms with van der Waals surface area (Å²) >= 11 is 0. The predicted octanol–water partition coefficient (Wildman–Crippen LogP) is 3.81. The molecule has 0 bridgehead atoms. The predicted molar refractivity (Wildman–Crippen MR) is 116 cm³/mol. The highest BCUT2D eigenvalue weighted by Gasteiger charge is 2.48. The fourth-order valence-corrected chi connectivity index (χ4v) is 5.47. The third kappa shape index (κ3) is 4.25. The number of hydrogen-bond donors (Lipinski definition) is 1. The summed E-state index contributed by atoms with van der Waals surface area (Å²) < 4.78 is 41.1. The molecule has 8 heteroatoms. The maximum atomic E-state index is 15.8. The zero-order chi connectivity index (χ0) is 23.0. The Kier molecular flexibility index (Phi) is 5.80. The van der Waals surface area contributed by atoms with Gasteiger partial charge in [0.1, 0.15) is 5.83 Å². The number of allylic oxidation sites excluding steroid dienone is 2. The highest BCUT2D eigenvalue weighted by Crippen LogP contribution is 2.47. The lowest BCUT2D eigenvalue weighted by atomic mass is 9.68. The highest BCUT2D eigenvalue weighted by atomic mass is 32.2. The minimum atomic E-state index is -4.04. The standard InChI is InChI=1S/C23H25FN2O4S/c1-16(27)26(31(4,29)30)22(2)14-19(21(28)17-9-6-5-7-10-17)23(3,20(24)15-22)13-18-11-8-12-25-18/h5-12,14-15,25H,13H2,1-4H3. The van der Waals surface area contributed by atoms with Crippen LogP contribution in [0.3, 0.4) is 0 Å². The van der Waals surface area contributed by atoms with Gasteiger partial charge in [0.15, 0.2) is 5.78 Å². The maximum absolute atomic E-state index is 15.8. The second kappa shape index (κ2) is 7.92. The largest absolute Gasteiger partial charge is 0.365 e. The molecule has 1 aliphatic carbocycles. The van der Waals surface area contributed by atoms with Gasteiger partial charge in [0.25, 0.3) is 0 Å². The number of halogens is 1. The number of Topliss-reactive ketones (excluding diaryl/α,β-unsaturated/α-hetero) is 1. The molecule has 1 aromatic carbocycles. The number of aromatic nitrogens is 1. The number of aromatic amines is 1. The Bertz CT molecular complexity index is 1170. The van der Waals surface area contributed by atoms with Crippen LogP contribution in [0, 0.1) is 5.41 Å². The van der Waals surface area contributed by atoms with E-state index >= 15 is 4.39 Å². The lowest BCUT2D eigenvalue weighted by Crippen LogP contribution is -2.52. The number of ketones is 1. The van der Waals surface area contributed by atoms with Crippen molar-refractivity contribution in [3.63, 3.8) is 0 Å². The van der Waals surface area contributed by atoms with E-state index in [1.54, 1.807) is 55.6 Å². The molecule has 0 spiro atoms. The molecule has 31 heavy (non-hydrogen) atoms. The molecule has 1 amide bonds. The van der Waals surface area contributed by atoms with E-state index in [2.05, 4.69) is 4.98 Å². The lowest BCUT2D eigenvalue weighted by Gasteiger charge is -2.42. The third-order valence-electron chi connectivity index (χ3n) is 5.52. The molecule has 2 atom stereocenters. The number of nitrogens with one attached hydrogen (secondary N) is 1. The molecule has 0 saturated carbocycles. The zero-order valence-electron chi connectivity index (χ0n) is 17.8. The van der Waals surface area contributed by atoms with Gasteiger partial charge in [0.05, 0.1) is 17.2 Å². The third-order valence-corrected chi connectivity index (χ3v) is 6.83. The molecule has 6 nitrogen and oxygen atoms in total. The molecule has 1 aliphatic rings. The first-order valence-corrected chi connectivity index (χ1v) is 11.6. The average molecular weight is 445 g/mol. The number of sulfonamides is 1. The van der Waals surface area contributed by atoms with Gasteiger partial charge in [-0.05, 0) is 38.1 Å². The van der Waals surface area contributed by atoms with E-state index in [1.165, 1.54) is 13.0 Å². The van der Waals surface area contributed by atoms with Crippen molar-refractivity contribution in [1.82, 2.24) is 9.29 Å². The van der Waals surface area contributed by atoms with Crippen LogP contribution < -0.4 is 0 Å². The Morgan fingerprint density at radius 3 is 2.23 bits per heavy atom. The lowest BCUT2D eigenvalue weighted by molar-refractivity contribution is -0.126. The van der Waals surface area contributed by atoms with Crippen LogP contribution in [0.5, 0.6) is 0 Å². The van der Waals surface area contributed by atoms with Crippen molar-refractivity contribution in [2.45, 2.75) is 32.7 Å². The Hall–Kier alpha value is -3.00. The number of H-pyrrole nitrogens is 1. The summed E-state index contributed by atoms with van der Waals surface area (Å²) in [6.07, 6.45) is 5.25. The van der Waals surface area contributed by atoms with E-state index in [4.69, 9.17) is 0 Å². The van der Waals surface area contributed by atoms with Gasteiger partial charge >= 0.3 is 0 Å².